The number of carbonyl (C=O) groups is 1. The van der Waals surface area contributed by atoms with Crippen LogP contribution in [0.1, 0.15) is 23.2 Å². The largest absolute Gasteiger partial charge is 0.338 e. The summed E-state index contributed by atoms with van der Waals surface area (Å²) in [6.07, 6.45) is 5.48. The van der Waals surface area contributed by atoms with Gasteiger partial charge in [0, 0.05) is 24.1 Å². The van der Waals surface area contributed by atoms with Gasteiger partial charge in [-0.2, -0.15) is 5.10 Å². The second-order valence-corrected chi connectivity index (χ2v) is 6.27. The smallest absolute Gasteiger partial charge is 0.257 e. The van der Waals surface area contributed by atoms with Gasteiger partial charge in [0.05, 0.1) is 17.4 Å². The first-order valence-electron chi connectivity index (χ1n) is 6.77. The highest BCUT2D eigenvalue weighted by atomic mass is 79.9. The van der Waals surface area contributed by atoms with Gasteiger partial charge in [0.15, 0.2) is 0 Å². The van der Waals surface area contributed by atoms with Gasteiger partial charge in [0.25, 0.3) is 5.91 Å². The molecular formula is C15H16BrN3O. The number of likely N-dealkylation sites (tertiary alicyclic amines) is 1. The fraction of sp³-hybridized carbons (Fsp3) is 0.333. The first kappa shape index (κ1) is 13.4. The lowest BCUT2D eigenvalue weighted by atomic mass is 10.1. The molecular weight excluding hydrogens is 318 g/mol. The highest BCUT2D eigenvalue weighted by molar-refractivity contribution is 9.09. The van der Waals surface area contributed by atoms with Crippen molar-refractivity contribution < 1.29 is 4.79 Å². The molecule has 3 rings (SSSR count). The SMILES string of the molecule is O=C(c1cnn(-c2ccccc2)c1)N1CCC(Br)CC1. The molecule has 1 aromatic carbocycles. The summed E-state index contributed by atoms with van der Waals surface area (Å²) >= 11 is 3.60. The molecule has 1 amide bonds. The van der Waals surface area contributed by atoms with Gasteiger partial charge in [0.1, 0.15) is 0 Å². The lowest BCUT2D eigenvalue weighted by Crippen LogP contribution is -2.38. The van der Waals surface area contributed by atoms with Crippen molar-refractivity contribution in [3.05, 3.63) is 48.3 Å². The van der Waals surface area contributed by atoms with Crippen LogP contribution in [-0.2, 0) is 0 Å². The van der Waals surface area contributed by atoms with Crippen molar-refractivity contribution in [2.24, 2.45) is 0 Å². The van der Waals surface area contributed by atoms with E-state index in [1.165, 1.54) is 0 Å². The number of amides is 1. The molecule has 0 radical (unpaired) electrons. The fourth-order valence-electron chi connectivity index (χ4n) is 2.39. The molecule has 0 aliphatic carbocycles. The third-order valence-electron chi connectivity index (χ3n) is 3.56. The van der Waals surface area contributed by atoms with E-state index in [1.807, 2.05) is 35.2 Å². The van der Waals surface area contributed by atoms with Crippen molar-refractivity contribution in [1.29, 1.82) is 0 Å². The minimum Gasteiger partial charge on any atom is -0.338 e. The molecule has 1 aromatic heterocycles. The van der Waals surface area contributed by atoms with Gasteiger partial charge in [-0.25, -0.2) is 4.68 Å². The number of hydrogen-bond acceptors (Lipinski definition) is 2. The van der Waals surface area contributed by atoms with Gasteiger partial charge in [-0.15, -0.1) is 0 Å². The van der Waals surface area contributed by atoms with Crippen LogP contribution in [0.3, 0.4) is 0 Å². The Morgan fingerprint density at radius 3 is 2.60 bits per heavy atom. The first-order chi connectivity index (χ1) is 9.74. The van der Waals surface area contributed by atoms with Gasteiger partial charge < -0.3 is 4.90 Å². The van der Waals surface area contributed by atoms with E-state index in [2.05, 4.69) is 21.0 Å². The number of aromatic nitrogens is 2. The molecule has 0 spiro atoms. The molecule has 0 N–H and O–H groups in total. The van der Waals surface area contributed by atoms with Crippen LogP contribution < -0.4 is 0 Å². The summed E-state index contributed by atoms with van der Waals surface area (Å²) in [6.45, 7) is 1.62. The summed E-state index contributed by atoms with van der Waals surface area (Å²) in [7, 11) is 0. The Bertz CT molecular complexity index is 588. The van der Waals surface area contributed by atoms with E-state index >= 15 is 0 Å². The van der Waals surface area contributed by atoms with Crippen LogP contribution in [0.2, 0.25) is 0 Å². The zero-order chi connectivity index (χ0) is 13.9. The van der Waals surface area contributed by atoms with Crippen LogP contribution >= 0.6 is 15.9 Å². The minimum absolute atomic E-state index is 0.0755. The summed E-state index contributed by atoms with van der Waals surface area (Å²) < 4.78 is 1.74. The Labute approximate surface area is 126 Å². The summed E-state index contributed by atoms with van der Waals surface area (Å²) in [5.74, 6) is 0.0755. The number of alkyl halides is 1. The predicted octanol–water partition coefficient (Wildman–Crippen LogP) is 2.87. The predicted molar refractivity (Wildman–Crippen MR) is 81.4 cm³/mol. The van der Waals surface area contributed by atoms with E-state index in [-0.39, 0.29) is 5.91 Å². The molecule has 1 aliphatic rings. The van der Waals surface area contributed by atoms with Gasteiger partial charge in [0.2, 0.25) is 0 Å². The van der Waals surface area contributed by atoms with E-state index in [9.17, 15) is 4.79 Å². The third kappa shape index (κ3) is 2.77. The average Bonchev–Trinajstić information content (AvgIpc) is 2.98. The molecule has 0 atom stereocenters. The number of nitrogens with zero attached hydrogens (tertiary/aromatic N) is 3. The van der Waals surface area contributed by atoms with Crippen molar-refractivity contribution in [2.75, 3.05) is 13.1 Å². The second-order valence-electron chi connectivity index (χ2n) is 4.98. The summed E-state index contributed by atoms with van der Waals surface area (Å²) in [5.41, 5.74) is 1.62. The zero-order valence-corrected chi connectivity index (χ0v) is 12.7. The molecule has 2 heterocycles. The maximum Gasteiger partial charge on any atom is 0.257 e. The molecule has 2 aromatic rings. The zero-order valence-electron chi connectivity index (χ0n) is 11.1. The summed E-state index contributed by atoms with van der Waals surface area (Å²) in [5, 5.41) is 4.28. The fourth-order valence-corrected chi connectivity index (χ4v) is 2.80. The van der Waals surface area contributed by atoms with E-state index in [0.29, 0.717) is 10.4 Å². The topological polar surface area (TPSA) is 38.1 Å². The number of carbonyl (C=O) groups excluding carboxylic acids is 1. The van der Waals surface area contributed by atoms with Gasteiger partial charge in [-0.05, 0) is 25.0 Å². The first-order valence-corrected chi connectivity index (χ1v) is 7.69. The summed E-state index contributed by atoms with van der Waals surface area (Å²) in [4.78, 5) is 14.9. The number of rotatable bonds is 2. The number of halogens is 1. The number of piperidine rings is 1. The molecule has 104 valence electrons. The van der Waals surface area contributed by atoms with Crippen LogP contribution in [0, 0.1) is 0 Å². The molecule has 0 bridgehead atoms. The van der Waals surface area contributed by atoms with Crippen LogP contribution in [0.15, 0.2) is 42.7 Å². The lowest BCUT2D eigenvalue weighted by molar-refractivity contribution is 0.0728. The van der Waals surface area contributed by atoms with E-state index in [0.717, 1.165) is 31.6 Å². The molecule has 0 unspecified atom stereocenters. The van der Waals surface area contributed by atoms with E-state index in [4.69, 9.17) is 0 Å². The number of hydrogen-bond donors (Lipinski definition) is 0. The van der Waals surface area contributed by atoms with E-state index < -0.39 is 0 Å². The monoisotopic (exact) mass is 333 g/mol. The standard InChI is InChI=1S/C15H16BrN3O/c16-13-6-8-18(9-7-13)15(20)12-10-17-19(11-12)14-4-2-1-3-5-14/h1-5,10-11,13H,6-9H2. The number of benzene rings is 1. The van der Waals surface area contributed by atoms with Crippen molar-refractivity contribution in [3.8, 4) is 5.69 Å². The van der Waals surface area contributed by atoms with Crippen molar-refractivity contribution in [2.45, 2.75) is 17.7 Å². The maximum atomic E-state index is 12.4. The van der Waals surface area contributed by atoms with Crippen molar-refractivity contribution in [1.82, 2.24) is 14.7 Å². The van der Waals surface area contributed by atoms with Crippen LogP contribution in [0.25, 0.3) is 5.69 Å². The van der Waals surface area contributed by atoms with E-state index in [1.54, 1.807) is 17.1 Å². The van der Waals surface area contributed by atoms with Gasteiger partial charge >= 0.3 is 0 Å². The van der Waals surface area contributed by atoms with Crippen LogP contribution in [-0.4, -0.2) is 38.5 Å². The third-order valence-corrected chi connectivity index (χ3v) is 4.48. The second kappa shape index (κ2) is 5.79. The molecule has 1 fully saturated rings. The Balaban J connectivity index is 1.75. The highest BCUT2D eigenvalue weighted by Gasteiger charge is 2.23. The summed E-state index contributed by atoms with van der Waals surface area (Å²) in [6, 6.07) is 9.82. The molecule has 1 aliphatic heterocycles. The van der Waals surface area contributed by atoms with Crippen LogP contribution in [0.5, 0.6) is 0 Å². The molecule has 4 nitrogen and oxygen atoms in total. The van der Waals surface area contributed by atoms with Crippen LogP contribution in [0.4, 0.5) is 0 Å². The molecule has 5 heteroatoms. The number of para-hydroxylation sites is 1. The van der Waals surface area contributed by atoms with Crippen molar-refractivity contribution in [3.63, 3.8) is 0 Å². The maximum absolute atomic E-state index is 12.4. The van der Waals surface area contributed by atoms with Crippen molar-refractivity contribution >= 4 is 21.8 Å². The lowest BCUT2D eigenvalue weighted by Gasteiger charge is -2.29. The Hall–Kier alpha value is -1.62. The molecule has 0 saturated carbocycles. The van der Waals surface area contributed by atoms with Gasteiger partial charge in [-0.1, -0.05) is 34.1 Å². The minimum atomic E-state index is 0.0755. The quantitative estimate of drug-likeness (QED) is 0.792. The average molecular weight is 334 g/mol. The Morgan fingerprint density at radius 2 is 1.90 bits per heavy atom. The highest BCUT2D eigenvalue weighted by Crippen LogP contribution is 2.19. The Kier molecular flexibility index (Phi) is 3.87. The van der Waals surface area contributed by atoms with Gasteiger partial charge in [-0.3, -0.25) is 4.79 Å². The molecule has 20 heavy (non-hydrogen) atoms. The molecule has 1 saturated heterocycles. The Morgan fingerprint density at radius 1 is 1.20 bits per heavy atom. The normalized spacial score (nSPS) is 16.4.